The van der Waals surface area contributed by atoms with Crippen LogP contribution in [0.25, 0.3) is 10.8 Å². The smallest absolute Gasteiger partial charge is 0.434 e. The third kappa shape index (κ3) is 8.01. The van der Waals surface area contributed by atoms with Gasteiger partial charge >= 0.3 is 6.16 Å². The van der Waals surface area contributed by atoms with E-state index in [1.165, 1.54) is 16.3 Å². The molecule has 0 saturated heterocycles. The van der Waals surface area contributed by atoms with Crippen molar-refractivity contribution in [2.45, 2.75) is 97.0 Å². The molecule has 2 rings (SSSR count). The van der Waals surface area contributed by atoms with Gasteiger partial charge in [-0.1, -0.05) is 82.5 Å². The van der Waals surface area contributed by atoms with Gasteiger partial charge in [-0.3, -0.25) is 0 Å². The van der Waals surface area contributed by atoms with Gasteiger partial charge in [0.15, 0.2) is 0 Å². The molecule has 0 radical (unpaired) electrons. The highest BCUT2D eigenvalue weighted by Crippen LogP contribution is 2.32. The highest BCUT2D eigenvalue weighted by atomic mass is 16.7. The first kappa shape index (κ1) is 24.2. The van der Waals surface area contributed by atoms with Crippen LogP contribution in [0.2, 0.25) is 0 Å². The zero-order valence-electron chi connectivity index (χ0n) is 19.3. The van der Waals surface area contributed by atoms with E-state index in [1.807, 2.05) is 0 Å². The van der Waals surface area contributed by atoms with Crippen LogP contribution in [0.4, 0.5) is 4.79 Å². The lowest BCUT2D eigenvalue weighted by Gasteiger charge is -2.33. The second-order valence-electron chi connectivity index (χ2n) is 8.48. The van der Waals surface area contributed by atoms with Gasteiger partial charge in [-0.25, -0.2) is 4.79 Å². The Labute approximate surface area is 183 Å². The van der Waals surface area contributed by atoms with Crippen molar-refractivity contribution < 1.29 is 14.3 Å². The number of ether oxygens (including phenoxy) is 2. The van der Waals surface area contributed by atoms with Crippen molar-refractivity contribution in [2.24, 2.45) is 0 Å². The molecule has 0 unspecified atom stereocenters. The first-order valence-corrected chi connectivity index (χ1v) is 12.0. The molecular weight excluding hydrogens is 372 g/mol. The summed E-state index contributed by atoms with van der Waals surface area (Å²) in [4.78, 5) is 12.5. The summed E-state index contributed by atoms with van der Waals surface area (Å²) in [5.74, 6) is 0. The van der Waals surface area contributed by atoms with Crippen molar-refractivity contribution in [3.05, 3.63) is 48.0 Å². The Balaban J connectivity index is 1.85. The number of aryl methyl sites for hydroxylation is 1. The Kier molecular flexibility index (Phi) is 10.8. The Morgan fingerprint density at radius 3 is 2.00 bits per heavy atom. The van der Waals surface area contributed by atoms with Gasteiger partial charge in [0.1, 0.15) is 5.60 Å². The second kappa shape index (κ2) is 13.3. The van der Waals surface area contributed by atoms with Crippen molar-refractivity contribution in [1.29, 1.82) is 0 Å². The first-order chi connectivity index (χ1) is 14.6. The maximum absolute atomic E-state index is 12.5. The SMILES string of the molecule is CCCCC(CCCC)(CCCC)OC(=O)OCCCc1ccc2ccccc2c1. The van der Waals surface area contributed by atoms with Gasteiger partial charge in [0.25, 0.3) is 0 Å². The lowest BCUT2D eigenvalue weighted by atomic mass is 9.86. The minimum atomic E-state index is -0.489. The van der Waals surface area contributed by atoms with E-state index in [-0.39, 0.29) is 5.60 Å². The summed E-state index contributed by atoms with van der Waals surface area (Å²) in [6, 6.07) is 14.9. The zero-order valence-corrected chi connectivity index (χ0v) is 19.3. The van der Waals surface area contributed by atoms with Gasteiger partial charge < -0.3 is 9.47 Å². The van der Waals surface area contributed by atoms with Crippen LogP contribution < -0.4 is 0 Å². The lowest BCUT2D eigenvalue weighted by Crippen LogP contribution is -2.36. The fraction of sp³-hybridized carbons (Fsp3) is 0.593. The number of rotatable bonds is 14. The number of carbonyl (C=O) groups is 1. The van der Waals surface area contributed by atoms with E-state index in [9.17, 15) is 4.79 Å². The molecule has 0 aliphatic rings. The van der Waals surface area contributed by atoms with Gasteiger partial charge in [0.05, 0.1) is 6.61 Å². The molecule has 2 aromatic carbocycles. The van der Waals surface area contributed by atoms with Crippen molar-refractivity contribution in [3.63, 3.8) is 0 Å². The van der Waals surface area contributed by atoms with Crippen LogP contribution in [0.5, 0.6) is 0 Å². The Morgan fingerprint density at radius 2 is 1.40 bits per heavy atom. The average Bonchev–Trinajstić information content (AvgIpc) is 2.77. The van der Waals surface area contributed by atoms with Crippen LogP contribution in [-0.4, -0.2) is 18.4 Å². The number of benzene rings is 2. The summed E-state index contributed by atoms with van der Waals surface area (Å²) in [5, 5.41) is 2.51. The van der Waals surface area contributed by atoms with E-state index >= 15 is 0 Å². The number of hydrogen-bond donors (Lipinski definition) is 0. The predicted octanol–water partition coefficient (Wildman–Crippen LogP) is 8.24. The summed E-state index contributed by atoms with van der Waals surface area (Å²) >= 11 is 0. The Bertz CT molecular complexity index is 731. The van der Waals surface area contributed by atoms with Crippen molar-refractivity contribution in [1.82, 2.24) is 0 Å². The highest BCUT2D eigenvalue weighted by molar-refractivity contribution is 5.82. The van der Waals surface area contributed by atoms with Crippen LogP contribution >= 0.6 is 0 Å². The van der Waals surface area contributed by atoms with E-state index < -0.39 is 6.16 Å². The van der Waals surface area contributed by atoms with Gasteiger partial charge in [-0.2, -0.15) is 0 Å². The third-order valence-electron chi connectivity index (χ3n) is 5.90. The summed E-state index contributed by atoms with van der Waals surface area (Å²) < 4.78 is 11.5. The van der Waals surface area contributed by atoms with Gasteiger partial charge in [0, 0.05) is 0 Å². The Morgan fingerprint density at radius 1 is 0.800 bits per heavy atom. The quantitative estimate of drug-likeness (QED) is 0.231. The maximum atomic E-state index is 12.5. The fourth-order valence-corrected chi connectivity index (χ4v) is 4.06. The van der Waals surface area contributed by atoms with Crippen LogP contribution in [-0.2, 0) is 15.9 Å². The molecule has 0 aromatic heterocycles. The first-order valence-electron chi connectivity index (χ1n) is 12.0. The van der Waals surface area contributed by atoms with Crippen molar-refractivity contribution >= 4 is 16.9 Å². The molecule has 0 aliphatic heterocycles. The summed E-state index contributed by atoms with van der Waals surface area (Å²) in [6.45, 7) is 6.97. The molecule has 0 amide bonds. The van der Waals surface area contributed by atoms with E-state index in [0.717, 1.165) is 70.6 Å². The molecule has 0 aliphatic carbocycles. The van der Waals surface area contributed by atoms with E-state index in [1.54, 1.807) is 0 Å². The van der Waals surface area contributed by atoms with Crippen LogP contribution in [0.15, 0.2) is 42.5 Å². The maximum Gasteiger partial charge on any atom is 0.508 e. The molecule has 30 heavy (non-hydrogen) atoms. The molecule has 0 heterocycles. The lowest BCUT2D eigenvalue weighted by molar-refractivity contribution is -0.0530. The van der Waals surface area contributed by atoms with Crippen LogP contribution in [0.3, 0.4) is 0 Å². The highest BCUT2D eigenvalue weighted by Gasteiger charge is 2.33. The molecule has 3 heteroatoms. The standard InChI is InChI=1S/C27H40O3/c1-4-7-18-27(19-8-5-2,20-9-6-3)30-26(28)29-21-12-13-23-16-17-24-14-10-11-15-25(24)22-23/h10-11,14-17,22H,4-9,12-13,18-21H2,1-3H3. The normalized spacial score (nSPS) is 11.6. The van der Waals surface area contributed by atoms with Crippen LogP contribution in [0, 0.1) is 0 Å². The number of unbranched alkanes of at least 4 members (excludes halogenated alkanes) is 3. The molecule has 166 valence electrons. The topological polar surface area (TPSA) is 35.5 Å². The molecule has 3 nitrogen and oxygen atoms in total. The van der Waals surface area contributed by atoms with Gasteiger partial charge in [-0.05, 0) is 67.7 Å². The number of hydrogen-bond acceptors (Lipinski definition) is 3. The molecule has 0 N–H and O–H groups in total. The van der Waals surface area contributed by atoms with Crippen molar-refractivity contribution in [3.8, 4) is 0 Å². The number of carbonyl (C=O) groups excluding carboxylic acids is 1. The molecule has 0 spiro atoms. The molecular formula is C27H40O3. The monoisotopic (exact) mass is 412 g/mol. The van der Waals surface area contributed by atoms with E-state index in [2.05, 4.69) is 63.2 Å². The molecule has 0 fully saturated rings. The van der Waals surface area contributed by atoms with Gasteiger partial charge in [-0.15, -0.1) is 0 Å². The van der Waals surface area contributed by atoms with Gasteiger partial charge in [0.2, 0.25) is 0 Å². The second-order valence-corrected chi connectivity index (χ2v) is 8.48. The minimum absolute atomic E-state index is 0.350. The van der Waals surface area contributed by atoms with Crippen molar-refractivity contribution in [2.75, 3.05) is 6.61 Å². The van der Waals surface area contributed by atoms with Crippen LogP contribution in [0.1, 0.15) is 90.5 Å². The zero-order chi connectivity index (χ0) is 21.7. The van der Waals surface area contributed by atoms with E-state index in [4.69, 9.17) is 9.47 Å². The third-order valence-corrected chi connectivity index (χ3v) is 5.90. The largest absolute Gasteiger partial charge is 0.508 e. The summed E-state index contributed by atoms with van der Waals surface area (Å²) in [7, 11) is 0. The molecule has 0 atom stereocenters. The Hall–Kier alpha value is -2.03. The molecule has 0 bridgehead atoms. The molecule has 0 saturated carbocycles. The fourth-order valence-electron chi connectivity index (χ4n) is 4.06. The predicted molar refractivity (Wildman–Crippen MR) is 126 cm³/mol. The minimum Gasteiger partial charge on any atom is -0.434 e. The summed E-state index contributed by atoms with van der Waals surface area (Å²) in [6.07, 6.45) is 10.6. The average molecular weight is 413 g/mol. The summed E-state index contributed by atoms with van der Waals surface area (Å²) in [5.41, 5.74) is 0.922. The molecule has 2 aromatic rings. The number of fused-ring (bicyclic) bond motifs is 1. The van der Waals surface area contributed by atoms with E-state index in [0.29, 0.717) is 6.61 Å².